The molecule has 14 heavy (non-hydrogen) atoms. The summed E-state index contributed by atoms with van der Waals surface area (Å²) in [6.07, 6.45) is 4.70. The predicted molar refractivity (Wildman–Crippen MR) is 48.3 cm³/mol. The van der Waals surface area contributed by atoms with Crippen LogP contribution in [0.3, 0.4) is 0 Å². The molecule has 0 N–H and O–H groups in total. The van der Waals surface area contributed by atoms with Crippen LogP contribution in [-0.2, 0) is 16.0 Å². The van der Waals surface area contributed by atoms with Gasteiger partial charge in [0.2, 0.25) is 0 Å². The summed E-state index contributed by atoms with van der Waals surface area (Å²) >= 11 is 0. The minimum absolute atomic E-state index is 0.249. The first-order chi connectivity index (χ1) is 6.77. The van der Waals surface area contributed by atoms with Crippen molar-refractivity contribution in [2.75, 3.05) is 6.54 Å². The minimum Gasteiger partial charge on any atom is -0.469 e. The molecule has 1 aromatic rings. The van der Waals surface area contributed by atoms with Crippen molar-refractivity contribution < 1.29 is 14.0 Å². The van der Waals surface area contributed by atoms with Gasteiger partial charge in [0.25, 0.3) is 11.8 Å². The van der Waals surface area contributed by atoms with Crippen molar-refractivity contribution in [2.45, 2.75) is 6.42 Å². The number of furan rings is 1. The number of rotatable bonds is 3. The maximum Gasteiger partial charge on any atom is 0.253 e. The molecule has 0 aromatic carbocycles. The van der Waals surface area contributed by atoms with Gasteiger partial charge in [-0.25, -0.2) is 0 Å². The standard InChI is InChI=1S/C10H9NO3/c12-9-3-4-10(13)11(9)6-5-8-2-1-7-14-8/h1-4,7H,5-6H2. The van der Waals surface area contributed by atoms with Crippen LogP contribution < -0.4 is 0 Å². The number of nitrogens with zero attached hydrogens (tertiary/aromatic N) is 1. The summed E-state index contributed by atoms with van der Waals surface area (Å²) < 4.78 is 5.09. The molecule has 0 atom stereocenters. The third kappa shape index (κ3) is 1.59. The lowest BCUT2D eigenvalue weighted by molar-refractivity contribution is -0.136. The second kappa shape index (κ2) is 3.49. The Morgan fingerprint density at radius 2 is 1.93 bits per heavy atom. The topological polar surface area (TPSA) is 50.5 Å². The fraction of sp³-hybridized carbons (Fsp3) is 0.200. The molecule has 4 heteroatoms. The average Bonchev–Trinajstić information content (AvgIpc) is 2.76. The molecule has 1 aromatic heterocycles. The van der Waals surface area contributed by atoms with Gasteiger partial charge in [0.15, 0.2) is 0 Å². The predicted octanol–water partition coefficient (Wildman–Crippen LogP) is 0.747. The van der Waals surface area contributed by atoms with Gasteiger partial charge in [-0.1, -0.05) is 0 Å². The van der Waals surface area contributed by atoms with Crippen molar-refractivity contribution in [3.8, 4) is 0 Å². The highest BCUT2D eigenvalue weighted by atomic mass is 16.3. The smallest absolute Gasteiger partial charge is 0.253 e. The SMILES string of the molecule is O=C1C=CC(=O)N1CCc1ccco1. The molecular weight excluding hydrogens is 182 g/mol. The Labute approximate surface area is 80.8 Å². The summed E-state index contributed by atoms with van der Waals surface area (Å²) in [6, 6.07) is 3.60. The van der Waals surface area contributed by atoms with E-state index in [-0.39, 0.29) is 11.8 Å². The molecule has 4 nitrogen and oxygen atoms in total. The average molecular weight is 191 g/mol. The summed E-state index contributed by atoms with van der Waals surface area (Å²) in [6.45, 7) is 0.373. The van der Waals surface area contributed by atoms with E-state index in [0.29, 0.717) is 13.0 Å². The Morgan fingerprint density at radius 1 is 1.21 bits per heavy atom. The molecule has 72 valence electrons. The van der Waals surface area contributed by atoms with Gasteiger partial charge >= 0.3 is 0 Å². The maximum atomic E-state index is 11.1. The number of carbonyl (C=O) groups is 2. The van der Waals surface area contributed by atoms with Crippen LogP contribution in [0.4, 0.5) is 0 Å². The first-order valence-corrected chi connectivity index (χ1v) is 4.33. The summed E-state index contributed by atoms with van der Waals surface area (Å²) in [5.41, 5.74) is 0. The van der Waals surface area contributed by atoms with E-state index in [1.165, 1.54) is 17.1 Å². The van der Waals surface area contributed by atoms with Gasteiger partial charge in [0, 0.05) is 25.1 Å². The van der Waals surface area contributed by atoms with Crippen molar-refractivity contribution in [2.24, 2.45) is 0 Å². The van der Waals surface area contributed by atoms with Crippen LogP contribution in [0.5, 0.6) is 0 Å². The van der Waals surface area contributed by atoms with Crippen molar-refractivity contribution in [1.29, 1.82) is 0 Å². The molecule has 1 aliphatic rings. The largest absolute Gasteiger partial charge is 0.469 e. The van der Waals surface area contributed by atoms with E-state index >= 15 is 0 Å². The van der Waals surface area contributed by atoms with Gasteiger partial charge in [-0.2, -0.15) is 0 Å². The lowest BCUT2D eigenvalue weighted by Gasteiger charge is -2.11. The number of amides is 2. The molecule has 0 aliphatic carbocycles. The molecule has 0 radical (unpaired) electrons. The molecule has 0 unspecified atom stereocenters. The van der Waals surface area contributed by atoms with E-state index in [4.69, 9.17) is 4.42 Å². The molecule has 0 bridgehead atoms. The van der Waals surface area contributed by atoms with Gasteiger partial charge in [0.1, 0.15) is 5.76 Å². The minimum atomic E-state index is -0.249. The second-order valence-corrected chi connectivity index (χ2v) is 2.99. The molecule has 0 saturated heterocycles. The van der Waals surface area contributed by atoms with E-state index in [1.54, 1.807) is 12.3 Å². The summed E-state index contributed by atoms with van der Waals surface area (Å²) in [7, 11) is 0. The van der Waals surface area contributed by atoms with E-state index in [1.807, 2.05) is 6.07 Å². The Bertz CT molecular complexity index is 360. The van der Waals surface area contributed by atoms with Crippen molar-refractivity contribution >= 4 is 11.8 Å². The van der Waals surface area contributed by atoms with Crippen LogP contribution in [-0.4, -0.2) is 23.3 Å². The second-order valence-electron chi connectivity index (χ2n) is 2.99. The normalized spacial score (nSPS) is 15.6. The van der Waals surface area contributed by atoms with Crippen LogP contribution in [0.2, 0.25) is 0 Å². The van der Waals surface area contributed by atoms with Gasteiger partial charge < -0.3 is 4.42 Å². The zero-order chi connectivity index (χ0) is 9.97. The number of carbonyl (C=O) groups excluding carboxylic acids is 2. The van der Waals surface area contributed by atoms with Crippen molar-refractivity contribution in [1.82, 2.24) is 4.90 Å². The summed E-state index contributed by atoms with van der Waals surface area (Å²) in [5.74, 6) is 0.278. The first kappa shape index (κ1) is 8.74. The van der Waals surface area contributed by atoms with E-state index in [0.717, 1.165) is 5.76 Å². The highest BCUT2D eigenvalue weighted by Crippen LogP contribution is 2.07. The number of imide groups is 1. The lowest BCUT2D eigenvalue weighted by Crippen LogP contribution is -2.31. The zero-order valence-corrected chi connectivity index (χ0v) is 7.47. The van der Waals surface area contributed by atoms with Gasteiger partial charge in [0.05, 0.1) is 6.26 Å². The van der Waals surface area contributed by atoms with Crippen molar-refractivity contribution in [3.63, 3.8) is 0 Å². The van der Waals surface area contributed by atoms with Crippen molar-refractivity contribution in [3.05, 3.63) is 36.3 Å². The Balaban J connectivity index is 1.93. The van der Waals surface area contributed by atoms with E-state index in [9.17, 15) is 9.59 Å². The number of hydrogen-bond donors (Lipinski definition) is 0. The molecule has 0 fully saturated rings. The van der Waals surface area contributed by atoms with Crippen LogP contribution in [0.15, 0.2) is 35.0 Å². The summed E-state index contributed by atoms with van der Waals surface area (Å²) in [5, 5.41) is 0. The molecular formula is C10H9NO3. The van der Waals surface area contributed by atoms with Gasteiger partial charge in [-0.3, -0.25) is 14.5 Å². The van der Waals surface area contributed by atoms with Crippen LogP contribution >= 0.6 is 0 Å². The lowest BCUT2D eigenvalue weighted by atomic mass is 10.3. The maximum absolute atomic E-state index is 11.1. The highest BCUT2D eigenvalue weighted by molar-refractivity contribution is 6.12. The Morgan fingerprint density at radius 3 is 2.50 bits per heavy atom. The van der Waals surface area contributed by atoms with Gasteiger partial charge in [-0.05, 0) is 12.1 Å². The molecule has 2 rings (SSSR count). The third-order valence-corrected chi connectivity index (χ3v) is 2.06. The Hall–Kier alpha value is -1.84. The monoisotopic (exact) mass is 191 g/mol. The fourth-order valence-corrected chi connectivity index (χ4v) is 1.33. The van der Waals surface area contributed by atoms with Gasteiger partial charge in [-0.15, -0.1) is 0 Å². The number of hydrogen-bond acceptors (Lipinski definition) is 3. The fourth-order valence-electron chi connectivity index (χ4n) is 1.33. The summed E-state index contributed by atoms with van der Waals surface area (Å²) in [4.78, 5) is 23.5. The molecule has 2 amide bonds. The van der Waals surface area contributed by atoms with Crippen LogP contribution in [0.25, 0.3) is 0 Å². The molecule has 2 heterocycles. The highest BCUT2D eigenvalue weighted by Gasteiger charge is 2.22. The quantitative estimate of drug-likeness (QED) is 0.662. The third-order valence-electron chi connectivity index (χ3n) is 2.06. The Kier molecular flexibility index (Phi) is 2.18. The zero-order valence-electron chi connectivity index (χ0n) is 7.47. The molecule has 1 aliphatic heterocycles. The van der Waals surface area contributed by atoms with E-state index < -0.39 is 0 Å². The van der Waals surface area contributed by atoms with Crippen LogP contribution in [0.1, 0.15) is 5.76 Å². The molecule has 0 saturated carbocycles. The van der Waals surface area contributed by atoms with Crippen LogP contribution in [0, 0.1) is 0 Å². The van der Waals surface area contributed by atoms with E-state index in [2.05, 4.69) is 0 Å². The molecule has 0 spiro atoms. The first-order valence-electron chi connectivity index (χ1n) is 4.33.